The second kappa shape index (κ2) is 18.7. The molecule has 57 heavy (non-hydrogen) atoms. The number of aliphatic hydroxyl groups is 1. The molecular formula is C44H48N12O. The topological polar surface area (TPSA) is 232 Å². The molecule has 0 aromatic carbocycles. The van der Waals surface area contributed by atoms with Crippen LogP contribution in [0.25, 0.3) is 9.69 Å². The minimum Gasteiger partial charge on any atom is -0.396 e. The number of allylic oxidation sites excluding steroid dienone is 12. The van der Waals surface area contributed by atoms with E-state index in [2.05, 4.69) is 43.8 Å². The molecule has 13 nitrogen and oxygen atoms in total. The first-order valence-corrected chi connectivity index (χ1v) is 18.7. The lowest BCUT2D eigenvalue weighted by Crippen LogP contribution is -2.38. The first-order chi connectivity index (χ1) is 27.0. The van der Waals surface area contributed by atoms with Gasteiger partial charge in [0, 0.05) is 48.9 Å². The Morgan fingerprint density at radius 2 is 0.877 bits per heavy atom. The van der Waals surface area contributed by atoms with Crippen molar-refractivity contribution >= 4 is 0 Å². The van der Waals surface area contributed by atoms with E-state index >= 15 is 0 Å². The van der Waals surface area contributed by atoms with Crippen LogP contribution < -0.4 is 16.0 Å². The van der Waals surface area contributed by atoms with Crippen molar-refractivity contribution in [1.29, 1.82) is 36.8 Å². The maximum atomic E-state index is 11.2. The van der Waals surface area contributed by atoms with Crippen LogP contribution in [0.1, 0.15) is 99.3 Å². The molecule has 0 amide bonds. The molecule has 0 saturated carbocycles. The third kappa shape index (κ3) is 10.7. The third-order valence-electron chi connectivity index (χ3n) is 10.9. The molecule has 13 heteroatoms. The second-order valence-electron chi connectivity index (χ2n) is 17.3. The van der Waals surface area contributed by atoms with Gasteiger partial charge < -0.3 is 21.1 Å². The number of aliphatic hydroxyl groups excluding tert-OH is 1. The van der Waals surface area contributed by atoms with Crippen LogP contribution in [0.2, 0.25) is 0 Å². The van der Waals surface area contributed by atoms with Crippen LogP contribution in [0.15, 0.2) is 67.5 Å². The SMILES string of the molecule is [C-]#[N+]/C(C#N)=C1\CC(C)(C)CC(NCCC(CO)(CCNC2=C(C#N)C(=C(C#N)C#N)CC(C)(C)C2)CCNC2=C(C#N)/C(=C(\C#N)[N+]#[C-])CC(C)(C)C2)=C1C#N. The zero-order chi connectivity index (χ0) is 42.6. The van der Waals surface area contributed by atoms with Gasteiger partial charge in [-0.2, -0.15) is 26.3 Å². The fourth-order valence-electron chi connectivity index (χ4n) is 8.14. The van der Waals surface area contributed by atoms with Gasteiger partial charge in [-0.25, -0.2) is 20.2 Å². The van der Waals surface area contributed by atoms with Crippen molar-refractivity contribution in [1.82, 2.24) is 16.0 Å². The average Bonchev–Trinajstić information content (AvgIpc) is 3.15. The Bertz CT molecular complexity index is 1950. The summed E-state index contributed by atoms with van der Waals surface area (Å²) in [6.07, 6.45) is 4.02. The quantitative estimate of drug-likeness (QED) is 0.106. The highest BCUT2D eigenvalue weighted by Gasteiger charge is 2.37. The van der Waals surface area contributed by atoms with Crippen LogP contribution in [-0.4, -0.2) is 31.3 Å². The molecule has 0 aliphatic heterocycles. The Morgan fingerprint density at radius 1 is 0.561 bits per heavy atom. The highest BCUT2D eigenvalue weighted by molar-refractivity contribution is 5.58. The van der Waals surface area contributed by atoms with E-state index in [-0.39, 0.29) is 56.5 Å². The van der Waals surface area contributed by atoms with Crippen molar-refractivity contribution in [2.45, 2.75) is 99.3 Å². The third-order valence-corrected chi connectivity index (χ3v) is 10.9. The first kappa shape index (κ1) is 44.6. The molecule has 290 valence electrons. The summed E-state index contributed by atoms with van der Waals surface area (Å²) in [6.45, 7) is 27.9. The number of nitriles is 7. The lowest BCUT2D eigenvalue weighted by molar-refractivity contribution is 0.0960. The molecule has 0 bridgehead atoms. The van der Waals surface area contributed by atoms with Gasteiger partial charge in [-0.05, 0) is 90.6 Å². The summed E-state index contributed by atoms with van der Waals surface area (Å²) in [6, 6.07) is 14.4. The van der Waals surface area contributed by atoms with E-state index in [9.17, 15) is 41.9 Å². The van der Waals surface area contributed by atoms with E-state index in [1.165, 1.54) is 0 Å². The molecule has 0 aromatic heterocycles. The van der Waals surface area contributed by atoms with Crippen molar-refractivity contribution in [3.8, 4) is 42.5 Å². The van der Waals surface area contributed by atoms with Crippen molar-refractivity contribution in [3.05, 3.63) is 90.3 Å². The van der Waals surface area contributed by atoms with Gasteiger partial charge in [-0.1, -0.05) is 41.5 Å². The normalized spacial score (nSPS) is 20.0. The summed E-state index contributed by atoms with van der Waals surface area (Å²) >= 11 is 0. The predicted molar refractivity (Wildman–Crippen MR) is 211 cm³/mol. The maximum Gasteiger partial charge on any atom is 0.266 e. The van der Waals surface area contributed by atoms with Gasteiger partial charge in [-0.15, -0.1) is 0 Å². The molecule has 3 aliphatic rings. The predicted octanol–water partition coefficient (Wildman–Crippen LogP) is 7.43. The zero-order valence-corrected chi connectivity index (χ0v) is 33.7. The number of rotatable bonds is 13. The molecule has 3 rings (SSSR count). The fourth-order valence-corrected chi connectivity index (χ4v) is 8.14. The Labute approximate surface area is 337 Å². The van der Waals surface area contributed by atoms with Crippen molar-refractivity contribution < 1.29 is 5.11 Å². The van der Waals surface area contributed by atoms with Crippen LogP contribution in [0.5, 0.6) is 0 Å². The molecule has 0 atom stereocenters. The van der Waals surface area contributed by atoms with E-state index < -0.39 is 5.41 Å². The molecule has 0 heterocycles. The number of nitrogens with zero attached hydrogens (tertiary/aromatic N) is 9. The Hall–Kier alpha value is -6.79. The summed E-state index contributed by atoms with van der Waals surface area (Å²) < 4.78 is 0. The molecule has 4 N–H and O–H groups in total. The van der Waals surface area contributed by atoms with E-state index in [4.69, 9.17) is 13.1 Å². The van der Waals surface area contributed by atoms with Crippen molar-refractivity contribution in [2.75, 3.05) is 26.2 Å². The van der Waals surface area contributed by atoms with Crippen molar-refractivity contribution in [2.24, 2.45) is 21.7 Å². The van der Waals surface area contributed by atoms with Gasteiger partial charge in [0.05, 0.1) is 54.1 Å². The monoisotopic (exact) mass is 760 g/mol. The van der Waals surface area contributed by atoms with Crippen LogP contribution in [0.4, 0.5) is 0 Å². The molecule has 0 fully saturated rings. The molecular weight excluding hydrogens is 713 g/mol. The Kier molecular flexibility index (Phi) is 14.6. The van der Waals surface area contributed by atoms with E-state index in [1.54, 1.807) is 0 Å². The van der Waals surface area contributed by atoms with Gasteiger partial charge in [0.15, 0.2) is 0 Å². The minimum atomic E-state index is -0.747. The summed E-state index contributed by atoms with van der Waals surface area (Å²) in [4.78, 5) is 6.77. The molecule has 0 saturated heterocycles. The molecule has 0 radical (unpaired) electrons. The van der Waals surface area contributed by atoms with Gasteiger partial charge in [0.25, 0.3) is 11.4 Å². The maximum absolute atomic E-state index is 11.2. The minimum absolute atomic E-state index is 0.0954. The van der Waals surface area contributed by atoms with Gasteiger partial charge in [0.1, 0.15) is 23.8 Å². The highest BCUT2D eigenvalue weighted by atomic mass is 16.3. The zero-order valence-electron chi connectivity index (χ0n) is 33.7. The summed E-state index contributed by atoms with van der Waals surface area (Å²) in [5.41, 5.74) is 1.90. The summed E-state index contributed by atoms with van der Waals surface area (Å²) in [7, 11) is 0. The number of hydrogen-bond donors (Lipinski definition) is 4. The molecule has 0 spiro atoms. The summed E-state index contributed by atoms with van der Waals surface area (Å²) in [5.74, 6) is 0. The largest absolute Gasteiger partial charge is 0.396 e. The standard InChI is InChI=1S/C44H48N12O/c1-41(2)15-30(29(21-45)22-46)33(23-47)36(18-41)54-12-9-44(28-57,10-13-55-37-19-42(3,4)16-31(34(37)24-48)39(26-50)52-7)11-14-56-38-20-43(5,6)17-32(35(38)25-49)40(27-51)53-8/h54-57H,9-20,28H2,1-6H3/b39-31+,40-32+. The van der Waals surface area contributed by atoms with E-state index in [1.807, 2.05) is 65.8 Å². The summed E-state index contributed by atoms with van der Waals surface area (Å²) in [5, 5.41) is 90.5. The molecule has 0 aromatic rings. The van der Waals surface area contributed by atoms with Crippen LogP contribution >= 0.6 is 0 Å². The van der Waals surface area contributed by atoms with Gasteiger partial charge >= 0.3 is 0 Å². The highest BCUT2D eigenvalue weighted by Crippen LogP contribution is 2.45. The molecule has 0 unspecified atom stereocenters. The Balaban J connectivity index is 2.02. The fraction of sp³-hybridized carbons (Fsp3) is 0.523. The van der Waals surface area contributed by atoms with Crippen LogP contribution in [0, 0.1) is 114 Å². The average molecular weight is 761 g/mol. The lowest BCUT2D eigenvalue weighted by atomic mass is 9.72. The smallest absolute Gasteiger partial charge is 0.266 e. The molecule has 3 aliphatic carbocycles. The Morgan fingerprint density at radius 3 is 1.14 bits per heavy atom. The van der Waals surface area contributed by atoms with Crippen molar-refractivity contribution in [3.63, 3.8) is 0 Å². The lowest BCUT2D eigenvalue weighted by Gasteiger charge is -2.37. The van der Waals surface area contributed by atoms with E-state index in [0.717, 1.165) is 0 Å². The van der Waals surface area contributed by atoms with Crippen LogP contribution in [-0.2, 0) is 0 Å². The van der Waals surface area contributed by atoms with Crippen LogP contribution in [0.3, 0.4) is 0 Å². The number of nitrogens with one attached hydrogen (secondary N) is 3. The van der Waals surface area contributed by atoms with E-state index in [0.29, 0.717) is 111 Å². The second-order valence-corrected chi connectivity index (χ2v) is 17.3. The van der Waals surface area contributed by atoms with Gasteiger partial charge in [-0.3, -0.25) is 0 Å². The van der Waals surface area contributed by atoms with Gasteiger partial charge in [0.2, 0.25) is 0 Å². The number of hydrogen-bond acceptors (Lipinski definition) is 11. The first-order valence-electron chi connectivity index (χ1n) is 18.7.